The highest BCUT2D eigenvalue weighted by molar-refractivity contribution is 7.99. The van der Waals surface area contributed by atoms with Crippen LogP contribution in [0, 0.1) is 0 Å². The molecule has 1 fully saturated rings. The lowest BCUT2D eigenvalue weighted by Crippen LogP contribution is -2.40. The van der Waals surface area contributed by atoms with Gasteiger partial charge in [-0.3, -0.25) is 4.98 Å². The predicted molar refractivity (Wildman–Crippen MR) is 72.9 cm³/mol. The number of pyridine rings is 1. The van der Waals surface area contributed by atoms with E-state index in [9.17, 15) is 0 Å². The largest absolute Gasteiger partial charge is 0.480 e. The molecule has 1 saturated heterocycles. The summed E-state index contributed by atoms with van der Waals surface area (Å²) in [6.07, 6.45) is 4.32. The van der Waals surface area contributed by atoms with Crippen molar-refractivity contribution in [2.75, 3.05) is 26.1 Å². The van der Waals surface area contributed by atoms with Crippen molar-refractivity contribution < 1.29 is 4.74 Å². The van der Waals surface area contributed by atoms with E-state index in [2.05, 4.69) is 28.3 Å². The first kappa shape index (κ1) is 12.3. The maximum atomic E-state index is 5.43. The van der Waals surface area contributed by atoms with Gasteiger partial charge < -0.3 is 15.0 Å². The molecule has 0 atom stereocenters. The highest BCUT2D eigenvalue weighted by Crippen LogP contribution is 2.35. The molecule has 0 radical (unpaired) electrons. The smallest absolute Gasteiger partial charge is 0.152 e. The Morgan fingerprint density at radius 3 is 3.17 bits per heavy atom. The average Bonchev–Trinajstić information content (AvgIpc) is 2.85. The second-order valence-electron chi connectivity index (χ2n) is 4.99. The minimum Gasteiger partial charge on any atom is -0.480 e. The van der Waals surface area contributed by atoms with E-state index in [1.165, 1.54) is 30.8 Å². The minimum atomic E-state index is 0.639. The van der Waals surface area contributed by atoms with Gasteiger partial charge in [0.05, 0.1) is 16.8 Å². The number of aromatic nitrogens is 1. The van der Waals surface area contributed by atoms with Crippen molar-refractivity contribution in [1.29, 1.82) is 0 Å². The Morgan fingerprint density at radius 2 is 2.33 bits per heavy atom. The third-order valence-electron chi connectivity index (χ3n) is 3.61. The lowest BCUT2D eigenvalue weighted by Gasteiger charge is -2.29. The third kappa shape index (κ3) is 2.79. The number of piperidine rings is 1. The van der Waals surface area contributed by atoms with E-state index >= 15 is 0 Å². The first-order valence-electron chi connectivity index (χ1n) is 6.48. The van der Waals surface area contributed by atoms with Crippen LogP contribution in [0.3, 0.4) is 0 Å². The summed E-state index contributed by atoms with van der Waals surface area (Å²) in [6.45, 7) is 3.25. The van der Waals surface area contributed by atoms with Gasteiger partial charge in [0.25, 0.3) is 0 Å². The van der Waals surface area contributed by atoms with Crippen molar-refractivity contribution in [2.45, 2.75) is 30.3 Å². The number of fused-ring (bicyclic) bond motifs is 1. The van der Waals surface area contributed by atoms with Gasteiger partial charge in [-0.25, -0.2) is 0 Å². The first-order valence-corrected chi connectivity index (χ1v) is 7.46. The van der Waals surface area contributed by atoms with Crippen LogP contribution in [0.4, 0.5) is 0 Å². The van der Waals surface area contributed by atoms with Crippen LogP contribution in [0.15, 0.2) is 17.2 Å². The Morgan fingerprint density at radius 1 is 1.50 bits per heavy atom. The lowest BCUT2D eigenvalue weighted by molar-refractivity contribution is 0.233. The fourth-order valence-corrected chi connectivity index (χ4v) is 3.19. The molecule has 1 aromatic heterocycles. The second-order valence-corrected chi connectivity index (χ2v) is 5.95. The Balaban J connectivity index is 1.54. The number of ether oxygens (including phenoxy) is 1. The zero-order valence-electron chi connectivity index (χ0n) is 10.7. The van der Waals surface area contributed by atoms with Crippen molar-refractivity contribution in [3.8, 4) is 5.75 Å². The Kier molecular flexibility index (Phi) is 3.72. The van der Waals surface area contributed by atoms with Crippen LogP contribution in [-0.2, 0) is 6.54 Å². The molecule has 5 heteroatoms. The first-order chi connectivity index (χ1) is 8.81. The molecular formula is C13H19N3OS. The van der Waals surface area contributed by atoms with Gasteiger partial charge in [0.1, 0.15) is 5.94 Å². The summed E-state index contributed by atoms with van der Waals surface area (Å²) in [5.41, 5.74) is 1.12. The number of nitrogens with zero attached hydrogens (tertiary/aromatic N) is 2. The Bertz CT molecular complexity index is 419. The normalized spacial score (nSPS) is 20.7. The number of hydrogen-bond donors (Lipinski definition) is 1. The molecular weight excluding hydrogens is 246 g/mol. The van der Waals surface area contributed by atoms with Crippen molar-refractivity contribution >= 4 is 11.8 Å². The van der Waals surface area contributed by atoms with Crippen molar-refractivity contribution in [2.24, 2.45) is 0 Å². The fourth-order valence-electron chi connectivity index (χ4n) is 2.40. The number of nitrogens with one attached hydrogen (secondary N) is 1. The van der Waals surface area contributed by atoms with Gasteiger partial charge in [0, 0.05) is 12.6 Å². The average molecular weight is 265 g/mol. The monoisotopic (exact) mass is 265 g/mol. The summed E-state index contributed by atoms with van der Waals surface area (Å²) < 4.78 is 5.43. The standard InChI is InChI=1S/C13H19N3OS/c1-16-4-2-10(3-5-16)14-7-11-6-13-12(8-15-11)17-9-18-13/h6,8,10,14H,2-5,7,9H2,1H3. The summed E-state index contributed by atoms with van der Waals surface area (Å²) in [7, 11) is 2.19. The van der Waals surface area contributed by atoms with Gasteiger partial charge in [-0.2, -0.15) is 0 Å². The molecule has 18 heavy (non-hydrogen) atoms. The van der Waals surface area contributed by atoms with Gasteiger partial charge in [-0.15, -0.1) is 0 Å². The summed E-state index contributed by atoms with van der Waals surface area (Å²) in [5.74, 6) is 1.66. The Hall–Kier alpha value is -0.780. The van der Waals surface area contributed by atoms with Crippen LogP contribution in [0.1, 0.15) is 18.5 Å². The molecule has 98 valence electrons. The predicted octanol–water partition coefficient (Wildman–Crippen LogP) is 1.71. The molecule has 0 aliphatic carbocycles. The zero-order chi connectivity index (χ0) is 12.4. The lowest BCUT2D eigenvalue weighted by atomic mass is 10.1. The molecule has 1 aromatic rings. The number of rotatable bonds is 3. The van der Waals surface area contributed by atoms with E-state index in [-0.39, 0.29) is 0 Å². The molecule has 3 rings (SSSR count). The van der Waals surface area contributed by atoms with Gasteiger partial charge >= 0.3 is 0 Å². The molecule has 0 saturated carbocycles. The molecule has 4 nitrogen and oxygen atoms in total. The summed E-state index contributed by atoms with van der Waals surface area (Å²) in [6, 6.07) is 2.79. The Labute approximate surface area is 112 Å². The summed E-state index contributed by atoms with van der Waals surface area (Å²) in [4.78, 5) is 8.05. The van der Waals surface area contributed by atoms with Crippen LogP contribution in [0.25, 0.3) is 0 Å². The van der Waals surface area contributed by atoms with Crippen molar-refractivity contribution in [3.63, 3.8) is 0 Å². The molecule has 2 aliphatic rings. The van der Waals surface area contributed by atoms with Gasteiger partial charge in [0.15, 0.2) is 5.75 Å². The molecule has 0 bridgehead atoms. The highest BCUT2D eigenvalue weighted by atomic mass is 32.2. The van der Waals surface area contributed by atoms with Crippen molar-refractivity contribution in [1.82, 2.24) is 15.2 Å². The van der Waals surface area contributed by atoms with Gasteiger partial charge in [0.2, 0.25) is 0 Å². The maximum absolute atomic E-state index is 5.43. The second kappa shape index (κ2) is 5.47. The number of likely N-dealkylation sites (tertiary alicyclic amines) is 1. The van der Waals surface area contributed by atoms with Crippen LogP contribution in [-0.4, -0.2) is 42.0 Å². The molecule has 2 aliphatic heterocycles. The van der Waals surface area contributed by atoms with Crippen LogP contribution in [0.5, 0.6) is 5.75 Å². The van der Waals surface area contributed by atoms with Crippen LogP contribution < -0.4 is 10.1 Å². The quantitative estimate of drug-likeness (QED) is 0.900. The minimum absolute atomic E-state index is 0.639. The summed E-state index contributed by atoms with van der Waals surface area (Å²) >= 11 is 1.75. The van der Waals surface area contributed by atoms with Crippen LogP contribution in [0.2, 0.25) is 0 Å². The van der Waals surface area contributed by atoms with E-state index in [1.54, 1.807) is 11.8 Å². The molecule has 3 heterocycles. The van der Waals surface area contributed by atoms with E-state index in [0.717, 1.165) is 23.9 Å². The fraction of sp³-hybridized carbons (Fsp3) is 0.615. The molecule has 0 unspecified atom stereocenters. The van der Waals surface area contributed by atoms with E-state index < -0.39 is 0 Å². The van der Waals surface area contributed by atoms with Crippen molar-refractivity contribution in [3.05, 3.63) is 18.0 Å². The number of thioether (sulfide) groups is 1. The van der Waals surface area contributed by atoms with Crippen LogP contribution >= 0.6 is 11.8 Å². The van der Waals surface area contributed by atoms with E-state index in [1.807, 2.05) is 6.20 Å². The van der Waals surface area contributed by atoms with Gasteiger partial charge in [-0.1, -0.05) is 11.8 Å². The maximum Gasteiger partial charge on any atom is 0.152 e. The zero-order valence-corrected chi connectivity index (χ0v) is 11.5. The number of hydrogen-bond acceptors (Lipinski definition) is 5. The third-order valence-corrected chi connectivity index (χ3v) is 4.47. The molecule has 1 N–H and O–H groups in total. The topological polar surface area (TPSA) is 37.4 Å². The molecule has 0 amide bonds. The van der Waals surface area contributed by atoms with Gasteiger partial charge in [-0.05, 0) is 39.0 Å². The SMILES string of the molecule is CN1CCC(NCc2cc3c(cn2)OCS3)CC1. The van der Waals surface area contributed by atoms with E-state index in [4.69, 9.17) is 4.74 Å². The van der Waals surface area contributed by atoms with E-state index in [0.29, 0.717) is 6.04 Å². The highest BCUT2D eigenvalue weighted by Gasteiger charge is 2.17. The molecule has 0 spiro atoms. The molecule has 0 aromatic carbocycles. The summed E-state index contributed by atoms with van der Waals surface area (Å²) in [5, 5.41) is 3.61.